The number of phenolic OH excluding ortho intramolecular Hbond substituents is 1. The molecule has 27 heavy (non-hydrogen) atoms. The summed E-state index contributed by atoms with van der Waals surface area (Å²) in [6.07, 6.45) is 2.39. The van der Waals surface area contributed by atoms with E-state index in [0.29, 0.717) is 17.7 Å². The summed E-state index contributed by atoms with van der Waals surface area (Å²) in [5.41, 5.74) is 6.40. The summed E-state index contributed by atoms with van der Waals surface area (Å²) >= 11 is 5.61. The van der Waals surface area contributed by atoms with Crippen LogP contribution < -0.4 is 16.4 Å². The van der Waals surface area contributed by atoms with Crippen LogP contribution in [0.2, 0.25) is 0 Å². The summed E-state index contributed by atoms with van der Waals surface area (Å²) in [6, 6.07) is 3.07. The standard InChI is InChI=1S/C17H25N3O5S2/c1-27-7-6-12(18)15(22)20-14(9-26)16(23)19-13(17(24)25)8-10-2-4-11(21)5-3-10/h2-5,12-14,21,26H,6-9,18H2,1H3,(H,19,23)(H,20,22)(H,24,25)/t12-,13-,14-/m0/s1. The Morgan fingerprint density at radius 1 is 1.15 bits per heavy atom. The number of carboxylic acids is 1. The highest BCUT2D eigenvalue weighted by Crippen LogP contribution is 2.11. The third-order valence-electron chi connectivity index (χ3n) is 3.78. The second-order valence-corrected chi connectivity index (χ2v) is 7.25. The van der Waals surface area contributed by atoms with E-state index in [1.807, 2.05) is 6.26 Å². The molecule has 0 heterocycles. The van der Waals surface area contributed by atoms with Gasteiger partial charge in [0.05, 0.1) is 6.04 Å². The minimum Gasteiger partial charge on any atom is -0.508 e. The molecule has 1 aromatic carbocycles. The van der Waals surface area contributed by atoms with Crippen LogP contribution >= 0.6 is 24.4 Å². The molecule has 6 N–H and O–H groups in total. The quantitative estimate of drug-likeness (QED) is 0.279. The van der Waals surface area contributed by atoms with Gasteiger partial charge in [0.1, 0.15) is 17.8 Å². The molecule has 0 saturated carbocycles. The molecular formula is C17H25N3O5S2. The second-order valence-electron chi connectivity index (χ2n) is 5.90. The number of thiol groups is 1. The normalized spacial score (nSPS) is 14.0. The van der Waals surface area contributed by atoms with Crippen LogP contribution in [-0.2, 0) is 20.8 Å². The van der Waals surface area contributed by atoms with Crippen LogP contribution in [-0.4, -0.2) is 63.9 Å². The van der Waals surface area contributed by atoms with Crippen LogP contribution in [0.4, 0.5) is 0 Å². The zero-order chi connectivity index (χ0) is 20.4. The van der Waals surface area contributed by atoms with Crippen molar-refractivity contribution in [2.45, 2.75) is 31.0 Å². The fourth-order valence-electron chi connectivity index (χ4n) is 2.19. The van der Waals surface area contributed by atoms with Crippen molar-refractivity contribution in [1.29, 1.82) is 0 Å². The lowest BCUT2D eigenvalue weighted by atomic mass is 10.1. The Balaban J connectivity index is 2.70. The number of carbonyl (C=O) groups excluding carboxylic acids is 2. The van der Waals surface area contributed by atoms with E-state index in [0.717, 1.165) is 0 Å². The van der Waals surface area contributed by atoms with E-state index in [4.69, 9.17) is 5.73 Å². The molecule has 0 unspecified atom stereocenters. The Bertz CT molecular complexity index is 642. The number of amides is 2. The fraction of sp³-hybridized carbons (Fsp3) is 0.471. The maximum atomic E-state index is 12.4. The van der Waals surface area contributed by atoms with Crippen LogP contribution in [0.5, 0.6) is 5.75 Å². The van der Waals surface area contributed by atoms with E-state index in [2.05, 4.69) is 23.3 Å². The number of nitrogens with one attached hydrogen (secondary N) is 2. The number of aliphatic carboxylic acids is 1. The summed E-state index contributed by atoms with van der Waals surface area (Å²) < 4.78 is 0. The van der Waals surface area contributed by atoms with Gasteiger partial charge in [0.2, 0.25) is 11.8 Å². The minimum atomic E-state index is -1.21. The van der Waals surface area contributed by atoms with Gasteiger partial charge in [0, 0.05) is 12.2 Å². The van der Waals surface area contributed by atoms with Crippen molar-refractivity contribution in [1.82, 2.24) is 10.6 Å². The molecule has 8 nitrogen and oxygen atoms in total. The summed E-state index contributed by atoms with van der Waals surface area (Å²) in [4.78, 5) is 35.9. The third-order valence-corrected chi connectivity index (χ3v) is 4.79. The molecule has 0 aliphatic rings. The zero-order valence-corrected chi connectivity index (χ0v) is 16.6. The van der Waals surface area contributed by atoms with Gasteiger partial charge in [-0.1, -0.05) is 12.1 Å². The SMILES string of the molecule is CSCC[C@H](N)C(=O)N[C@@H](CS)C(=O)N[C@@H](Cc1ccc(O)cc1)C(=O)O. The first kappa shape index (κ1) is 23.1. The molecule has 0 fully saturated rings. The van der Waals surface area contributed by atoms with E-state index in [1.54, 1.807) is 23.9 Å². The van der Waals surface area contributed by atoms with Crippen LogP contribution in [0, 0.1) is 0 Å². The van der Waals surface area contributed by atoms with Crippen LogP contribution in [0.1, 0.15) is 12.0 Å². The molecule has 2 amide bonds. The maximum Gasteiger partial charge on any atom is 0.326 e. The first-order valence-electron chi connectivity index (χ1n) is 8.25. The Labute approximate surface area is 167 Å². The van der Waals surface area contributed by atoms with Crippen LogP contribution in [0.15, 0.2) is 24.3 Å². The van der Waals surface area contributed by atoms with Gasteiger partial charge in [-0.2, -0.15) is 24.4 Å². The van der Waals surface area contributed by atoms with E-state index >= 15 is 0 Å². The lowest BCUT2D eigenvalue weighted by Crippen LogP contribution is -2.55. The summed E-state index contributed by atoms with van der Waals surface area (Å²) in [7, 11) is 0. The van der Waals surface area contributed by atoms with Gasteiger partial charge in [-0.15, -0.1) is 0 Å². The summed E-state index contributed by atoms with van der Waals surface area (Å²) in [5.74, 6) is -1.58. The van der Waals surface area contributed by atoms with Crippen molar-refractivity contribution >= 4 is 42.2 Å². The van der Waals surface area contributed by atoms with Gasteiger partial charge in [-0.25, -0.2) is 4.79 Å². The maximum absolute atomic E-state index is 12.4. The number of nitrogens with two attached hydrogens (primary N) is 1. The molecule has 10 heteroatoms. The molecular weight excluding hydrogens is 390 g/mol. The first-order chi connectivity index (χ1) is 12.8. The minimum absolute atomic E-state index is 0.00162. The molecule has 1 aromatic rings. The van der Waals surface area contributed by atoms with E-state index < -0.39 is 35.9 Å². The van der Waals surface area contributed by atoms with E-state index in [1.165, 1.54) is 12.1 Å². The number of aromatic hydroxyl groups is 1. The summed E-state index contributed by atoms with van der Waals surface area (Å²) in [6.45, 7) is 0. The highest BCUT2D eigenvalue weighted by molar-refractivity contribution is 7.98. The monoisotopic (exact) mass is 415 g/mol. The molecule has 0 aliphatic heterocycles. The van der Waals surface area contributed by atoms with Crippen LogP contribution in [0.3, 0.4) is 0 Å². The smallest absolute Gasteiger partial charge is 0.326 e. The average Bonchev–Trinajstić information content (AvgIpc) is 2.64. The Hall–Kier alpha value is -1.91. The molecule has 3 atom stereocenters. The average molecular weight is 416 g/mol. The highest BCUT2D eigenvalue weighted by Gasteiger charge is 2.27. The number of hydrogen-bond donors (Lipinski definition) is 6. The number of rotatable bonds is 11. The number of phenols is 1. The van der Waals surface area contributed by atoms with Crippen molar-refractivity contribution < 1.29 is 24.6 Å². The second kappa shape index (κ2) is 11.7. The number of hydrogen-bond acceptors (Lipinski definition) is 7. The molecule has 0 bridgehead atoms. The number of carbonyl (C=O) groups is 3. The Kier molecular flexibility index (Phi) is 10.0. The number of benzene rings is 1. The predicted molar refractivity (Wildman–Crippen MR) is 108 cm³/mol. The lowest BCUT2D eigenvalue weighted by Gasteiger charge is -2.21. The molecule has 0 aromatic heterocycles. The van der Waals surface area contributed by atoms with Crippen molar-refractivity contribution in [2.75, 3.05) is 17.8 Å². The van der Waals surface area contributed by atoms with Gasteiger partial charge >= 0.3 is 5.97 Å². The molecule has 0 saturated heterocycles. The van der Waals surface area contributed by atoms with Gasteiger partial charge in [-0.3, -0.25) is 9.59 Å². The zero-order valence-electron chi connectivity index (χ0n) is 14.9. The fourth-order valence-corrected chi connectivity index (χ4v) is 2.94. The molecule has 1 rings (SSSR count). The van der Waals surface area contributed by atoms with Gasteiger partial charge in [0.25, 0.3) is 0 Å². The predicted octanol–water partition coefficient (Wildman–Crippen LogP) is -0.000900. The lowest BCUT2D eigenvalue weighted by molar-refractivity contribution is -0.142. The van der Waals surface area contributed by atoms with Gasteiger partial charge in [-0.05, 0) is 36.1 Å². The first-order valence-corrected chi connectivity index (χ1v) is 10.3. The van der Waals surface area contributed by atoms with Crippen molar-refractivity contribution in [3.8, 4) is 5.75 Å². The Morgan fingerprint density at radius 2 is 1.74 bits per heavy atom. The number of thioether (sulfide) groups is 1. The largest absolute Gasteiger partial charge is 0.508 e. The van der Waals surface area contributed by atoms with Gasteiger partial charge in [0.15, 0.2) is 0 Å². The third kappa shape index (κ3) is 8.10. The van der Waals surface area contributed by atoms with Crippen molar-refractivity contribution in [3.63, 3.8) is 0 Å². The van der Waals surface area contributed by atoms with E-state index in [-0.39, 0.29) is 17.9 Å². The molecule has 150 valence electrons. The van der Waals surface area contributed by atoms with Crippen molar-refractivity contribution in [3.05, 3.63) is 29.8 Å². The Morgan fingerprint density at radius 3 is 2.26 bits per heavy atom. The summed E-state index contributed by atoms with van der Waals surface area (Å²) in [5, 5.41) is 23.6. The molecule has 0 spiro atoms. The topological polar surface area (TPSA) is 142 Å². The van der Waals surface area contributed by atoms with Crippen molar-refractivity contribution in [2.24, 2.45) is 5.73 Å². The van der Waals surface area contributed by atoms with Gasteiger partial charge < -0.3 is 26.6 Å². The highest BCUT2D eigenvalue weighted by atomic mass is 32.2. The molecule has 0 radical (unpaired) electrons. The number of carboxylic acid groups (broad SMARTS) is 1. The molecule has 0 aliphatic carbocycles. The van der Waals surface area contributed by atoms with E-state index in [9.17, 15) is 24.6 Å². The van der Waals surface area contributed by atoms with Crippen LogP contribution in [0.25, 0.3) is 0 Å².